The molecule has 0 bridgehead atoms. The number of hydrogen-bond acceptors (Lipinski definition) is 6. The van der Waals surface area contributed by atoms with E-state index in [4.69, 9.17) is 4.52 Å². The van der Waals surface area contributed by atoms with Crippen LogP contribution in [0.5, 0.6) is 0 Å². The van der Waals surface area contributed by atoms with Gasteiger partial charge in [-0.25, -0.2) is 9.97 Å². The quantitative estimate of drug-likeness (QED) is 0.706. The maximum Gasteiger partial charge on any atom is 0.275 e. The molecule has 7 nitrogen and oxygen atoms in total. The highest BCUT2D eigenvalue weighted by Gasteiger charge is 2.11. The minimum Gasteiger partial charge on any atom is -0.360 e. The van der Waals surface area contributed by atoms with E-state index in [9.17, 15) is 4.79 Å². The fourth-order valence-electron chi connectivity index (χ4n) is 1.97. The minimum atomic E-state index is -0.390. The van der Waals surface area contributed by atoms with Gasteiger partial charge in [0.1, 0.15) is 23.6 Å². The minimum absolute atomic E-state index is 0.222. The second kappa shape index (κ2) is 6.79. The second-order valence-electron chi connectivity index (χ2n) is 5.15. The Morgan fingerprint density at radius 2 is 1.96 bits per heavy atom. The van der Waals surface area contributed by atoms with E-state index in [0.717, 1.165) is 15.7 Å². The molecule has 24 heavy (non-hydrogen) atoms. The first-order chi connectivity index (χ1) is 11.5. The summed E-state index contributed by atoms with van der Waals surface area (Å²) in [7, 11) is 0. The molecule has 8 heteroatoms. The molecule has 0 radical (unpaired) electrons. The SMILES string of the molecule is Cc1cc(NC(=O)c2cc(Nc3ccc(C)c(Br)c3)ncn2)no1. The van der Waals surface area contributed by atoms with Gasteiger partial charge in [0.05, 0.1) is 0 Å². The summed E-state index contributed by atoms with van der Waals surface area (Å²) in [6.07, 6.45) is 1.33. The van der Waals surface area contributed by atoms with Gasteiger partial charge in [-0.3, -0.25) is 4.79 Å². The van der Waals surface area contributed by atoms with Gasteiger partial charge < -0.3 is 15.2 Å². The van der Waals surface area contributed by atoms with E-state index in [2.05, 4.69) is 41.7 Å². The molecule has 0 aliphatic heterocycles. The van der Waals surface area contributed by atoms with Crippen molar-refractivity contribution in [2.24, 2.45) is 0 Å². The predicted octanol–water partition coefficient (Wildman–Crippen LogP) is 3.84. The first-order valence-corrected chi connectivity index (χ1v) is 7.90. The molecule has 122 valence electrons. The Morgan fingerprint density at radius 3 is 2.67 bits per heavy atom. The van der Waals surface area contributed by atoms with Crippen LogP contribution in [0.4, 0.5) is 17.3 Å². The third-order valence-corrected chi connectivity index (χ3v) is 4.07. The number of benzene rings is 1. The van der Waals surface area contributed by atoms with Crippen LogP contribution in [0, 0.1) is 13.8 Å². The maximum atomic E-state index is 12.2. The van der Waals surface area contributed by atoms with Crippen LogP contribution >= 0.6 is 15.9 Å². The highest BCUT2D eigenvalue weighted by molar-refractivity contribution is 9.10. The van der Waals surface area contributed by atoms with Gasteiger partial charge in [0.15, 0.2) is 5.82 Å². The summed E-state index contributed by atoms with van der Waals surface area (Å²) < 4.78 is 5.90. The number of halogens is 1. The van der Waals surface area contributed by atoms with E-state index in [1.165, 1.54) is 6.33 Å². The van der Waals surface area contributed by atoms with E-state index >= 15 is 0 Å². The molecule has 0 atom stereocenters. The summed E-state index contributed by atoms with van der Waals surface area (Å²) >= 11 is 3.48. The number of rotatable bonds is 4. The smallest absolute Gasteiger partial charge is 0.275 e. The molecule has 0 aliphatic carbocycles. The normalized spacial score (nSPS) is 10.5. The molecule has 0 aliphatic rings. The van der Waals surface area contributed by atoms with Gasteiger partial charge in [-0.1, -0.05) is 27.2 Å². The summed E-state index contributed by atoms with van der Waals surface area (Å²) in [6.45, 7) is 3.75. The fraction of sp³-hybridized carbons (Fsp3) is 0.125. The third-order valence-electron chi connectivity index (χ3n) is 3.21. The number of nitrogens with zero attached hydrogens (tertiary/aromatic N) is 3. The highest BCUT2D eigenvalue weighted by Crippen LogP contribution is 2.23. The predicted molar refractivity (Wildman–Crippen MR) is 93.4 cm³/mol. The number of anilines is 3. The number of hydrogen-bond donors (Lipinski definition) is 2. The van der Waals surface area contributed by atoms with Crippen molar-refractivity contribution < 1.29 is 9.32 Å². The average Bonchev–Trinajstić information content (AvgIpc) is 2.96. The van der Waals surface area contributed by atoms with Crippen LogP contribution in [0.15, 0.2) is 45.7 Å². The van der Waals surface area contributed by atoms with Crippen LogP contribution in [-0.4, -0.2) is 21.0 Å². The summed E-state index contributed by atoms with van der Waals surface area (Å²) in [5.74, 6) is 1.08. The molecule has 2 aromatic heterocycles. The first kappa shape index (κ1) is 16.1. The molecule has 3 rings (SSSR count). The zero-order valence-corrected chi connectivity index (χ0v) is 14.6. The number of carbonyl (C=O) groups excluding carboxylic acids is 1. The van der Waals surface area contributed by atoms with Crippen molar-refractivity contribution in [3.63, 3.8) is 0 Å². The van der Waals surface area contributed by atoms with Gasteiger partial charge >= 0.3 is 0 Å². The molecule has 1 amide bonds. The highest BCUT2D eigenvalue weighted by atomic mass is 79.9. The summed E-state index contributed by atoms with van der Waals surface area (Å²) in [4.78, 5) is 20.3. The Morgan fingerprint density at radius 1 is 1.12 bits per heavy atom. The Bertz CT molecular complexity index is 894. The Labute approximate surface area is 146 Å². The summed E-state index contributed by atoms with van der Waals surface area (Å²) in [5, 5.41) is 9.48. The van der Waals surface area contributed by atoms with Gasteiger partial charge in [-0.15, -0.1) is 0 Å². The van der Waals surface area contributed by atoms with Crippen LogP contribution in [0.2, 0.25) is 0 Å². The van der Waals surface area contributed by atoms with E-state index in [1.807, 2.05) is 25.1 Å². The van der Waals surface area contributed by atoms with Crippen molar-refractivity contribution in [2.75, 3.05) is 10.6 Å². The molecular weight excluding hydrogens is 374 g/mol. The molecule has 2 heterocycles. The molecule has 1 aromatic carbocycles. The van der Waals surface area contributed by atoms with Crippen LogP contribution in [0.25, 0.3) is 0 Å². The summed E-state index contributed by atoms with van der Waals surface area (Å²) in [5.41, 5.74) is 2.20. The lowest BCUT2D eigenvalue weighted by molar-refractivity contribution is 0.102. The molecule has 0 spiro atoms. The van der Waals surface area contributed by atoms with Crippen LogP contribution in [-0.2, 0) is 0 Å². The Hall–Kier alpha value is -2.74. The molecule has 0 fully saturated rings. The molecule has 3 aromatic rings. The van der Waals surface area contributed by atoms with Crippen LogP contribution in [0.3, 0.4) is 0 Å². The average molecular weight is 388 g/mol. The molecule has 0 saturated heterocycles. The second-order valence-corrected chi connectivity index (χ2v) is 6.01. The van der Waals surface area contributed by atoms with Crippen molar-refractivity contribution in [1.29, 1.82) is 0 Å². The topological polar surface area (TPSA) is 92.9 Å². The Kier molecular flexibility index (Phi) is 4.57. The lowest BCUT2D eigenvalue weighted by atomic mass is 10.2. The van der Waals surface area contributed by atoms with Crippen LogP contribution < -0.4 is 10.6 Å². The first-order valence-electron chi connectivity index (χ1n) is 7.11. The van der Waals surface area contributed by atoms with Gasteiger partial charge in [0, 0.05) is 22.3 Å². The molecular formula is C16H14BrN5O2. The number of aryl methyl sites for hydroxylation is 2. The van der Waals surface area contributed by atoms with Crippen molar-refractivity contribution in [1.82, 2.24) is 15.1 Å². The van der Waals surface area contributed by atoms with Gasteiger partial charge in [0.25, 0.3) is 5.91 Å². The lowest BCUT2D eigenvalue weighted by Crippen LogP contribution is -2.14. The maximum absolute atomic E-state index is 12.2. The number of amides is 1. The van der Waals surface area contributed by atoms with Crippen molar-refractivity contribution >= 4 is 39.2 Å². The zero-order valence-electron chi connectivity index (χ0n) is 13.0. The van der Waals surface area contributed by atoms with Gasteiger partial charge in [-0.05, 0) is 31.5 Å². The fourth-order valence-corrected chi connectivity index (χ4v) is 2.35. The summed E-state index contributed by atoms with van der Waals surface area (Å²) in [6, 6.07) is 9.04. The molecule has 0 unspecified atom stereocenters. The number of nitrogens with one attached hydrogen (secondary N) is 2. The van der Waals surface area contributed by atoms with E-state index in [0.29, 0.717) is 17.4 Å². The van der Waals surface area contributed by atoms with Crippen molar-refractivity contribution in [2.45, 2.75) is 13.8 Å². The van der Waals surface area contributed by atoms with E-state index < -0.39 is 0 Å². The standard InChI is InChI=1S/C16H14BrN5O2/c1-9-3-4-11(6-12(9)17)20-14-7-13(18-8-19-14)16(23)21-15-5-10(2)24-22-15/h3-8H,1-2H3,(H,18,19,20)(H,21,22,23). The zero-order chi connectivity index (χ0) is 17.1. The molecule has 2 N–H and O–H groups in total. The van der Waals surface area contributed by atoms with Crippen molar-refractivity contribution in [3.05, 3.63) is 58.1 Å². The van der Waals surface area contributed by atoms with E-state index in [-0.39, 0.29) is 11.6 Å². The van der Waals surface area contributed by atoms with Crippen LogP contribution in [0.1, 0.15) is 21.8 Å². The van der Waals surface area contributed by atoms with Crippen molar-refractivity contribution in [3.8, 4) is 0 Å². The monoisotopic (exact) mass is 387 g/mol. The number of carbonyl (C=O) groups is 1. The number of aromatic nitrogens is 3. The van der Waals surface area contributed by atoms with Gasteiger partial charge in [-0.2, -0.15) is 0 Å². The lowest BCUT2D eigenvalue weighted by Gasteiger charge is -2.08. The Balaban J connectivity index is 1.75. The molecule has 0 saturated carbocycles. The van der Waals surface area contributed by atoms with E-state index in [1.54, 1.807) is 19.1 Å². The third kappa shape index (κ3) is 3.77. The van der Waals surface area contributed by atoms with Gasteiger partial charge in [0.2, 0.25) is 0 Å². The largest absolute Gasteiger partial charge is 0.360 e.